The lowest BCUT2D eigenvalue weighted by molar-refractivity contribution is -0.118. The van der Waals surface area contributed by atoms with Crippen molar-refractivity contribution in [2.75, 3.05) is 18.6 Å². The minimum Gasteiger partial charge on any atom is -0.497 e. The quantitative estimate of drug-likeness (QED) is 0.743. The van der Waals surface area contributed by atoms with E-state index in [1.54, 1.807) is 7.11 Å². The molecule has 3 aromatic rings. The minimum atomic E-state index is -0.600. The van der Waals surface area contributed by atoms with E-state index in [-0.39, 0.29) is 11.3 Å². The van der Waals surface area contributed by atoms with E-state index >= 15 is 0 Å². The Morgan fingerprint density at radius 3 is 2.83 bits per heavy atom. The maximum absolute atomic E-state index is 12.4. The summed E-state index contributed by atoms with van der Waals surface area (Å²) in [6.07, 6.45) is 6.03. The van der Waals surface area contributed by atoms with Crippen LogP contribution in [0.5, 0.6) is 5.75 Å². The van der Waals surface area contributed by atoms with E-state index in [1.165, 1.54) is 5.56 Å². The van der Waals surface area contributed by atoms with E-state index in [1.807, 2.05) is 30.5 Å². The topological polar surface area (TPSA) is 54.5 Å². The molecule has 0 radical (unpaired) electrons. The first-order chi connectivity index (χ1) is 13.9. The summed E-state index contributed by atoms with van der Waals surface area (Å²) in [5.41, 5.74) is 3.38. The molecular formula is C24H23N3O2. The number of methoxy groups -OCH3 is 1. The van der Waals surface area contributed by atoms with Crippen molar-refractivity contribution in [3.8, 4) is 5.75 Å². The van der Waals surface area contributed by atoms with Crippen molar-refractivity contribution in [1.29, 1.82) is 0 Å². The van der Waals surface area contributed by atoms with Gasteiger partial charge in [0.1, 0.15) is 11.4 Å². The molecular weight excluding hydrogens is 362 g/mol. The molecule has 0 bridgehead atoms. The van der Waals surface area contributed by atoms with Gasteiger partial charge in [-0.3, -0.25) is 9.78 Å². The van der Waals surface area contributed by atoms with E-state index in [4.69, 9.17) is 4.74 Å². The second kappa shape index (κ2) is 6.08. The molecule has 0 saturated carbocycles. The summed E-state index contributed by atoms with van der Waals surface area (Å²) in [7, 11) is 1.66. The van der Waals surface area contributed by atoms with Crippen molar-refractivity contribution >= 4 is 28.6 Å². The van der Waals surface area contributed by atoms with E-state index in [0.717, 1.165) is 27.9 Å². The molecule has 3 heterocycles. The molecule has 0 unspecified atom stereocenters. The highest BCUT2D eigenvalue weighted by Crippen LogP contribution is 2.52. The van der Waals surface area contributed by atoms with Crippen LogP contribution < -0.4 is 15.0 Å². The lowest BCUT2D eigenvalue weighted by Gasteiger charge is -2.40. The molecule has 1 fully saturated rings. The first-order valence-corrected chi connectivity index (χ1v) is 9.76. The second-order valence-corrected chi connectivity index (χ2v) is 8.20. The molecule has 5 heteroatoms. The van der Waals surface area contributed by atoms with Crippen LogP contribution in [-0.2, 0) is 10.2 Å². The van der Waals surface area contributed by atoms with Crippen LogP contribution in [0.15, 0.2) is 60.8 Å². The highest BCUT2D eigenvalue weighted by molar-refractivity contribution is 5.92. The zero-order valence-electron chi connectivity index (χ0n) is 16.8. The minimum absolute atomic E-state index is 0.0404. The van der Waals surface area contributed by atoms with Crippen molar-refractivity contribution in [2.24, 2.45) is 0 Å². The van der Waals surface area contributed by atoms with Crippen LogP contribution in [0.25, 0.3) is 17.0 Å². The number of para-hydroxylation sites is 1. The molecule has 2 aromatic carbocycles. The fraction of sp³-hybridized carbons (Fsp3) is 0.250. The van der Waals surface area contributed by atoms with Crippen LogP contribution in [-0.4, -0.2) is 30.2 Å². The summed E-state index contributed by atoms with van der Waals surface area (Å²) in [5, 5.41) is 4.27. The van der Waals surface area contributed by atoms with Gasteiger partial charge in [0, 0.05) is 22.7 Å². The van der Waals surface area contributed by atoms with Gasteiger partial charge in [0.05, 0.1) is 19.2 Å². The van der Waals surface area contributed by atoms with Gasteiger partial charge in [-0.05, 0) is 47.5 Å². The first-order valence-electron chi connectivity index (χ1n) is 9.76. The molecule has 146 valence electrons. The van der Waals surface area contributed by atoms with Crippen LogP contribution in [0, 0.1) is 0 Å². The standard InChI is InChI=1S/C24H23N3O2/c1-23(2)19-6-4-5-7-21(19)27-15-22(28)26-24(23,27)11-10-16-12-17-13-18(29-3)8-9-20(17)25-14-16/h4-14H,15H2,1-3H3,(H,26,28)/b11-10+/t24-/m1/s1. The van der Waals surface area contributed by atoms with Crippen molar-refractivity contribution < 1.29 is 9.53 Å². The molecule has 1 saturated heterocycles. The fourth-order valence-electron chi connectivity index (χ4n) is 4.70. The number of benzene rings is 2. The third-order valence-corrected chi connectivity index (χ3v) is 6.31. The molecule has 5 nitrogen and oxygen atoms in total. The average Bonchev–Trinajstić information content (AvgIpc) is 3.16. The molecule has 29 heavy (non-hydrogen) atoms. The van der Waals surface area contributed by atoms with Gasteiger partial charge in [-0.25, -0.2) is 0 Å². The Balaban J connectivity index is 1.59. The average molecular weight is 385 g/mol. The smallest absolute Gasteiger partial charge is 0.241 e. The molecule has 5 rings (SSSR count). The number of nitrogens with zero attached hydrogens (tertiary/aromatic N) is 2. The molecule has 2 aliphatic rings. The first kappa shape index (κ1) is 17.7. The number of hydrogen-bond acceptors (Lipinski definition) is 4. The number of anilines is 1. The van der Waals surface area contributed by atoms with E-state index in [9.17, 15) is 4.79 Å². The van der Waals surface area contributed by atoms with Gasteiger partial charge < -0.3 is 15.0 Å². The third kappa shape index (κ3) is 2.47. The Bertz CT molecular complexity index is 1170. The summed E-state index contributed by atoms with van der Waals surface area (Å²) in [4.78, 5) is 19.2. The molecule has 1 amide bonds. The van der Waals surface area contributed by atoms with E-state index in [2.05, 4.69) is 65.5 Å². The van der Waals surface area contributed by atoms with Gasteiger partial charge in [0.15, 0.2) is 0 Å². The lowest BCUT2D eigenvalue weighted by Crippen LogP contribution is -2.58. The summed E-state index contributed by atoms with van der Waals surface area (Å²) in [6.45, 7) is 4.73. The fourth-order valence-corrected chi connectivity index (χ4v) is 4.70. The normalized spacial score (nSPS) is 22.0. The number of ether oxygens (including phenoxy) is 1. The van der Waals surface area contributed by atoms with Crippen LogP contribution in [0.4, 0.5) is 5.69 Å². The van der Waals surface area contributed by atoms with Gasteiger partial charge in [-0.2, -0.15) is 0 Å². The number of hydrogen-bond donors (Lipinski definition) is 1. The number of pyridine rings is 1. The summed E-state index contributed by atoms with van der Waals surface area (Å²) in [6, 6.07) is 16.3. The van der Waals surface area contributed by atoms with Crippen molar-refractivity contribution in [2.45, 2.75) is 24.9 Å². The summed E-state index contributed by atoms with van der Waals surface area (Å²) < 4.78 is 5.33. The number of carbonyl (C=O) groups is 1. The SMILES string of the molecule is COc1ccc2ncc(/C=C/[C@@]34NC(=O)CN3c3ccccc3C4(C)C)cc2c1. The maximum Gasteiger partial charge on any atom is 0.241 e. The number of aromatic nitrogens is 1. The molecule has 1 atom stereocenters. The van der Waals surface area contributed by atoms with Crippen LogP contribution in [0.2, 0.25) is 0 Å². The predicted octanol–water partition coefficient (Wildman–Crippen LogP) is 3.88. The number of nitrogens with one attached hydrogen (secondary N) is 1. The van der Waals surface area contributed by atoms with Gasteiger partial charge in [0.2, 0.25) is 5.91 Å². The molecule has 1 N–H and O–H groups in total. The zero-order valence-corrected chi connectivity index (χ0v) is 16.8. The monoisotopic (exact) mass is 385 g/mol. The van der Waals surface area contributed by atoms with Crippen LogP contribution in [0.1, 0.15) is 25.0 Å². The van der Waals surface area contributed by atoms with Crippen molar-refractivity contribution in [1.82, 2.24) is 10.3 Å². The van der Waals surface area contributed by atoms with Gasteiger partial charge in [-0.15, -0.1) is 0 Å². The van der Waals surface area contributed by atoms with Gasteiger partial charge >= 0.3 is 0 Å². The Hall–Kier alpha value is -3.34. The molecule has 0 spiro atoms. The van der Waals surface area contributed by atoms with Crippen molar-refractivity contribution in [3.05, 3.63) is 71.9 Å². The van der Waals surface area contributed by atoms with E-state index < -0.39 is 5.66 Å². The van der Waals surface area contributed by atoms with Crippen LogP contribution in [0.3, 0.4) is 0 Å². The number of fused-ring (bicyclic) bond motifs is 4. The predicted molar refractivity (Wildman–Crippen MR) is 115 cm³/mol. The highest BCUT2D eigenvalue weighted by atomic mass is 16.5. The highest BCUT2D eigenvalue weighted by Gasteiger charge is 2.59. The second-order valence-electron chi connectivity index (χ2n) is 8.20. The third-order valence-electron chi connectivity index (χ3n) is 6.31. The Kier molecular flexibility index (Phi) is 3.72. The van der Waals surface area contributed by atoms with Gasteiger partial charge in [-0.1, -0.05) is 38.1 Å². The molecule has 0 aliphatic carbocycles. The largest absolute Gasteiger partial charge is 0.497 e. The van der Waals surface area contributed by atoms with E-state index in [0.29, 0.717) is 6.54 Å². The Morgan fingerprint density at radius 2 is 2.00 bits per heavy atom. The summed E-state index contributed by atoms with van der Waals surface area (Å²) in [5.74, 6) is 0.847. The number of carbonyl (C=O) groups excluding carboxylic acids is 1. The van der Waals surface area contributed by atoms with Gasteiger partial charge in [0.25, 0.3) is 0 Å². The zero-order chi connectivity index (χ0) is 20.2. The number of rotatable bonds is 3. The number of amides is 1. The molecule has 1 aromatic heterocycles. The van der Waals surface area contributed by atoms with Crippen molar-refractivity contribution in [3.63, 3.8) is 0 Å². The maximum atomic E-state index is 12.4. The van der Waals surface area contributed by atoms with Crippen LogP contribution >= 0.6 is 0 Å². The Morgan fingerprint density at radius 1 is 1.17 bits per heavy atom. The molecule has 2 aliphatic heterocycles. The Labute approximate surface area is 170 Å². The summed E-state index contributed by atoms with van der Waals surface area (Å²) >= 11 is 0. The lowest BCUT2D eigenvalue weighted by atomic mass is 9.75.